The standard InChI is InChI=1S/C67H114O6/c1-4-7-10-13-16-19-22-25-28-30-32-33-35-37-40-43-46-49-52-55-58-61-67(70)73-64(62-71-65(68)59-56-53-50-47-44-41-38-27-24-21-18-15-12-9-6-3)63-72-66(69)60-57-54-51-48-45-42-39-36-34-31-29-26-23-20-17-14-11-8-5-2/h8,11,17-18,20-21,26-27,29,34,36,38,42,45,51,54,64H,4-7,9-10,12-16,19,22-25,28,30-33,35,37,39-41,43-44,46-50,52-53,55-63H2,1-3H3/b11-8-,20-17-,21-18-,29-26-,36-34-,38-27-,45-42-,54-51-/t64-/m0/s1. The summed E-state index contributed by atoms with van der Waals surface area (Å²) in [5, 5.41) is 0. The third-order valence-corrected chi connectivity index (χ3v) is 13.1. The van der Waals surface area contributed by atoms with Gasteiger partial charge in [-0.25, -0.2) is 0 Å². The highest BCUT2D eigenvalue weighted by atomic mass is 16.6. The molecule has 0 aliphatic carbocycles. The molecular formula is C67H114O6. The molecule has 6 nitrogen and oxygen atoms in total. The smallest absolute Gasteiger partial charge is 0.306 e. The van der Waals surface area contributed by atoms with Crippen molar-refractivity contribution in [2.24, 2.45) is 0 Å². The fraction of sp³-hybridized carbons (Fsp3) is 0.716. The topological polar surface area (TPSA) is 78.9 Å². The first-order valence-electron chi connectivity index (χ1n) is 30.7. The van der Waals surface area contributed by atoms with Gasteiger partial charge < -0.3 is 14.2 Å². The highest BCUT2D eigenvalue weighted by molar-refractivity contribution is 5.71. The minimum absolute atomic E-state index is 0.107. The number of carbonyl (C=O) groups excluding carboxylic acids is 3. The van der Waals surface area contributed by atoms with Crippen LogP contribution in [0.25, 0.3) is 0 Å². The van der Waals surface area contributed by atoms with Crippen molar-refractivity contribution in [2.45, 2.75) is 297 Å². The van der Waals surface area contributed by atoms with Gasteiger partial charge in [0.1, 0.15) is 13.2 Å². The maximum atomic E-state index is 12.9. The molecule has 1 atom stereocenters. The van der Waals surface area contributed by atoms with E-state index in [1.54, 1.807) is 0 Å². The van der Waals surface area contributed by atoms with Gasteiger partial charge in [-0.15, -0.1) is 0 Å². The molecule has 0 heterocycles. The molecule has 0 rings (SSSR count). The summed E-state index contributed by atoms with van der Waals surface area (Å²) in [7, 11) is 0. The van der Waals surface area contributed by atoms with E-state index in [1.165, 1.54) is 141 Å². The van der Waals surface area contributed by atoms with Crippen molar-refractivity contribution in [1.29, 1.82) is 0 Å². The third-order valence-electron chi connectivity index (χ3n) is 13.1. The number of rotatable bonds is 55. The third kappa shape index (κ3) is 59.1. The quantitative estimate of drug-likeness (QED) is 0.0261. The molecule has 0 fully saturated rings. The predicted molar refractivity (Wildman–Crippen MR) is 316 cm³/mol. The number of hydrogen-bond donors (Lipinski definition) is 0. The zero-order valence-electron chi connectivity index (χ0n) is 47.9. The second-order valence-electron chi connectivity index (χ2n) is 20.2. The summed E-state index contributed by atoms with van der Waals surface area (Å²) in [4.78, 5) is 38.2. The molecule has 0 spiro atoms. The number of allylic oxidation sites excluding steroid dienone is 16. The lowest BCUT2D eigenvalue weighted by molar-refractivity contribution is -0.166. The van der Waals surface area contributed by atoms with E-state index in [9.17, 15) is 14.4 Å². The molecule has 0 amide bonds. The van der Waals surface area contributed by atoms with Gasteiger partial charge in [-0.05, 0) is 89.9 Å². The second kappa shape index (κ2) is 60.9. The molecule has 0 radical (unpaired) electrons. The average Bonchev–Trinajstić information content (AvgIpc) is 3.39. The molecule has 0 aliphatic heterocycles. The number of carbonyl (C=O) groups is 3. The van der Waals surface area contributed by atoms with Crippen LogP contribution in [-0.2, 0) is 28.6 Å². The van der Waals surface area contributed by atoms with Crippen LogP contribution in [0.4, 0.5) is 0 Å². The Labute approximate surface area is 451 Å². The molecule has 0 saturated heterocycles. The van der Waals surface area contributed by atoms with Crippen molar-refractivity contribution in [2.75, 3.05) is 13.2 Å². The van der Waals surface area contributed by atoms with E-state index in [1.807, 2.05) is 6.08 Å². The van der Waals surface area contributed by atoms with Crippen molar-refractivity contribution in [3.8, 4) is 0 Å². The molecule has 0 aromatic rings. The van der Waals surface area contributed by atoms with Gasteiger partial charge >= 0.3 is 17.9 Å². The summed E-state index contributed by atoms with van der Waals surface area (Å²) in [6.07, 6.45) is 81.3. The number of hydrogen-bond acceptors (Lipinski definition) is 6. The highest BCUT2D eigenvalue weighted by Gasteiger charge is 2.19. The first-order valence-corrected chi connectivity index (χ1v) is 30.7. The van der Waals surface area contributed by atoms with E-state index in [2.05, 4.69) is 112 Å². The molecule has 418 valence electrons. The Morgan fingerprint density at radius 2 is 0.562 bits per heavy atom. The SMILES string of the molecule is CC/C=C\C/C=C\C/C=C\C/C=C\C/C=C\C/C=C\CCC(=O)OC[C@H](COC(=O)CCCCCCC/C=C\C/C=C\CCCCC)OC(=O)CCCCCCCCCCCCCCCCCCCCCCC. The first-order chi connectivity index (χ1) is 36.0. The van der Waals surface area contributed by atoms with Crippen molar-refractivity contribution in [3.63, 3.8) is 0 Å². The lowest BCUT2D eigenvalue weighted by Gasteiger charge is -2.18. The molecule has 73 heavy (non-hydrogen) atoms. The van der Waals surface area contributed by atoms with E-state index in [0.29, 0.717) is 19.3 Å². The fourth-order valence-electron chi connectivity index (χ4n) is 8.50. The maximum Gasteiger partial charge on any atom is 0.306 e. The van der Waals surface area contributed by atoms with Crippen molar-refractivity contribution in [3.05, 3.63) is 97.2 Å². The molecule has 0 aromatic heterocycles. The van der Waals surface area contributed by atoms with Gasteiger partial charge in [-0.2, -0.15) is 0 Å². The van der Waals surface area contributed by atoms with Gasteiger partial charge in [0.15, 0.2) is 6.10 Å². The van der Waals surface area contributed by atoms with E-state index in [4.69, 9.17) is 14.2 Å². The summed E-state index contributed by atoms with van der Waals surface area (Å²) in [6, 6.07) is 0. The van der Waals surface area contributed by atoms with Crippen LogP contribution in [0.1, 0.15) is 290 Å². The average molecular weight is 1020 g/mol. The summed E-state index contributed by atoms with van der Waals surface area (Å²) in [6.45, 7) is 6.45. The summed E-state index contributed by atoms with van der Waals surface area (Å²) in [5.41, 5.74) is 0. The summed E-state index contributed by atoms with van der Waals surface area (Å²) < 4.78 is 16.8. The van der Waals surface area contributed by atoms with Crippen molar-refractivity contribution in [1.82, 2.24) is 0 Å². The van der Waals surface area contributed by atoms with Gasteiger partial charge in [-0.3, -0.25) is 14.4 Å². The first kappa shape index (κ1) is 69.3. The zero-order valence-corrected chi connectivity index (χ0v) is 47.9. The van der Waals surface area contributed by atoms with Crippen LogP contribution in [0.3, 0.4) is 0 Å². The largest absolute Gasteiger partial charge is 0.462 e. The minimum Gasteiger partial charge on any atom is -0.462 e. The Morgan fingerprint density at radius 1 is 0.288 bits per heavy atom. The van der Waals surface area contributed by atoms with Crippen LogP contribution >= 0.6 is 0 Å². The van der Waals surface area contributed by atoms with E-state index in [-0.39, 0.29) is 37.5 Å². The van der Waals surface area contributed by atoms with E-state index >= 15 is 0 Å². The Balaban J connectivity index is 4.47. The van der Waals surface area contributed by atoms with Crippen LogP contribution in [-0.4, -0.2) is 37.2 Å². The van der Waals surface area contributed by atoms with Gasteiger partial charge in [-0.1, -0.05) is 279 Å². The molecule has 0 unspecified atom stereocenters. The zero-order chi connectivity index (χ0) is 52.9. The summed E-state index contributed by atoms with van der Waals surface area (Å²) in [5.74, 6) is -0.997. The lowest BCUT2D eigenvalue weighted by Crippen LogP contribution is -2.30. The van der Waals surface area contributed by atoms with Crippen LogP contribution in [0.2, 0.25) is 0 Å². The summed E-state index contributed by atoms with van der Waals surface area (Å²) >= 11 is 0. The molecule has 6 heteroatoms. The molecule has 0 saturated carbocycles. The lowest BCUT2D eigenvalue weighted by atomic mass is 10.0. The van der Waals surface area contributed by atoms with Gasteiger partial charge in [0, 0.05) is 19.3 Å². The van der Waals surface area contributed by atoms with E-state index in [0.717, 1.165) is 103 Å². The second-order valence-corrected chi connectivity index (χ2v) is 20.2. The van der Waals surface area contributed by atoms with Gasteiger partial charge in [0.2, 0.25) is 0 Å². The van der Waals surface area contributed by atoms with Crippen LogP contribution in [0, 0.1) is 0 Å². The Bertz CT molecular complexity index is 1440. The number of unbranched alkanes of at least 4 members (excludes halogenated alkanes) is 28. The van der Waals surface area contributed by atoms with Crippen LogP contribution in [0.15, 0.2) is 97.2 Å². The molecule has 0 aliphatic rings. The maximum absolute atomic E-state index is 12.9. The van der Waals surface area contributed by atoms with Gasteiger partial charge in [0.25, 0.3) is 0 Å². The normalized spacial score (nSPS) is 12.8. The highest BCUT2D eigenvalue weighted by Crippen LogP contribution is 2.16. The molecule has 0 bridgehead atoms. The molecule has 0 aromatic carbocycles. The minimum atomic E-state index is -0.814. The monoisotopic (exact) mass is 1010 g/mol. The van der Waals surface area contributed by atoms with Crippen molar-refractivity contribution >= 4 is 17.9 Å². The van der Waals surface area contributed by atoms with Crippen LogP contribution in [0.5, 0.6) is 0 Å². The predicted octanol–water partition coefficient (Wildman–Crippen LogP) is 20.9. The van der Waals surface area contributed by atoms with Crippen molar-refractivity contribution < 1.29 is 28.6 Å². The van der Waals surface area contributed by atoms with E-state index < -0.39 is 6.10 Å². The Hall–Kier alpha value is -3.67. The molecule has 0 N–H and O–H groups in total. The number of esters is 3. The van der Waals surface area contributed by atoms with Crippen LogP contribution < -0.4 is 0 Å². The fourth-order valence-corrected chi connectivity index (χ4v) is 8.50. The number of ether oxygens (including phenoxy) is 3. The van der Waals surface area contributed by atoms with Gasteiger partial charge in [0.05, 0.1) is 0 Å². The Morgan fingerprint density at radius 3 is 0.945 bits per heavy atom. The molecular weight excluding hydrogens is 901 g/mol. The Kier molecular flexibility index (Phi) is 57.8.